The second-order valence-corrected chi connectivity index (χ2v) is 18.2. The highest BCUT2D eigenvalue weighted by molar-refractivity contribution is 7.47. The molecule has 1 saturated carbocycles. The van der Waals surface area contributed by atoms with Crippen LogP contribution in [0.3, 0.4) is 0 Å². The molecule has 0 spiro atoms. The molecule has 13 nitrogen and oxygen atoms in total. The summed E-state index contributed by atoms with van der Waals surface area (Å²) < 4.78 is 22.8. The molecular weight excluding hydrogens is 765 g/mol. The van der Waals surface area contributed by atoms with Gasteiger partial charge in [0.05, 0.1) is 31.3 Å². The van der Waals surface area contributed by atoms with E-state index in [0.29, 0.717) is 12.8 Å². The first kappa shape index (κ1) is 55.1. The van der Waals surface area contributed by atoms with Crippen molar-refractivity contribution in [3.63, 3.8) is 0 Å². The number of aliphatic hydroxyl groups excluding tert-OH is 7. The fourth-order valence-electron chi connectivity index (χ4n) is 7.54. The van der Waals surface area contributed by atoms with Crippen LogP contribution in [0.15, 0.2) is 12.2 Å². The van der Waals surface area contributed by atoms with Crippen molar-refractivity contribution >= 4 is 13.7 Å². The fourth-order valence-corrected chi connectivity index (χ4v) is 8.50. The van der Waals surface area contributed by atoms with Gasteiger partial charge in [-0.2, -0.15) is 0 Å². The molecular formula is C44H86NO12P. The van der Waals surface area contributed by atoms with E-state index in [1.165, 1.54) is 115 Å². The van der Waals surface area contributed by atoms with E-state index in [2.05, 4.69) is 19.2 Å². The molecule has 9 N–H and O–H groups in total. The van der Waals surface area contributed by atoms with E-state index < -0.39 is 75.2 Å². The van der Waals surface area contributed by atoms with Crippen LogP contribution < -0.4 is 5.32 Å². The van der Waals surface area contributed by atoms with Crippen molar-refractivity contribution in [2.45, 2.75) is 255 Å². The van der Waals surface area contributed by atoms with Crippen molar-refractivity contribution < 1.29 is 59.0 Å². The third kappa shape index (κ3) is 26.4. The van der Waals surface area contributed by atoms with Gasteiger partial charge in [-0.25, -0.2) is 4.57 Å². The second-order valence-electron chi connectivity index (χ2n) is 16.8. The van der Waals surface area contributed by atoms with Gasteiger partial charge >= 0.3 is 7.82 Å². The van der Waals surface area contributed by atoms with E-state index in [1.807, 2.05) is 0 Å². The van der Waals surface area contributed by atoms with Crippen LogP contribution >= 0.6 is 7.82 Å². The molecule has 1 aliphatic carbocycles. The number of phosphoric acid groups is 1. The molecule has 0 aromatic rings. The molecule has 1 aliphatic rings. The van der Waals surface area contributed by atoms with Crippen LogP contribution in [0, 0.1) is 0 Å². The first-order chi connectivity index (χ1) is 27.8. The molecule has 0 saturated heterocycles. The summed E-state index contributed by atoms with van der Waals surface area (Å²) in [5, 5.41) is 74.2. The maximum absolute atomic E-state index is 12.9. The van der Waals surface area contributed by atoms with Crippen LogP contribution in [0.4, 0.5) is 0 Å². The lowest BCUT2D eigenvalue weighted by Crippen LogP contribution is -2.64. The summed E-state index contributed by atoms with van der Waals surface area (Å²) in [6.07, 6.45) is 22.0. The number of carbonyl (C=O) groups excluding carboxylic acids is 1. The number of rotatable bonds is 38. The zero-order valence-electron chi connectivity index (χ0n) is 36.2. The van der Waals surface area contributed by atoms with Gasteiger partial charge in [-0.15, -0.1) is 0 Å². The van der Waals surface area contributed by atoms with Crippen LogP contribution in [-0.2, 0) is 18.4 Å². The topological polar surface area (TPSA) is 226 Å². The van der Waals surface area contributed by atoms with Gasteiger partial charge in [-0.05, 0) is 19.3 Å². The van der Waals surface area contributed by atoms with Gasteiger partial charge in [0.25, 0.3) is 0 Å². The first-order valence-electron chi connectivity index (χ1n) is 23.2. The Morgan fingerprint density at radius 2 is 0.983 bits per heavy atom. The van der Waals surface area contributed by atoms with E-state index in [1.54, 1.807) is 6.08 Å². The van der Waals surface area contributed by atoms with Crippen molar-refractivity contribution in [3.05, 3.63) is 12.2 Å². The summed E-state index contributed by atoms with van der Waals surface area (Å²) in [6, 6.07) is -1.23. The lowest BCUT2D eigenvalue weighted by atomic mass is 9.85. The molecule has 1 rings (SSSR count). The molecule has 58 heavy (non-hydrogen) atoms. The van der Waals surface area contributed by atoms with Crippen LogP contribution in [0.1, 0.15) is 200 Å². The Kier molecular flexibility index (Phi) is 32.9. The number of carbonyl (C=O) groups is 1. The fraction of sp³-hybridized carbons (Fsp3) is 0.932. The summed E-state index contributed by atoms with van der Waals surface area (Å²) in [6.45, 7) is 3.68. The lowest BCUT2D eigenvalue weighted by Gasteiger charge is -2.41. The molecule has 1 fully saturated rings. The quantitative estimate of drug-likeness (QED) is 0.0168. The van der Waals surface area contributed by atoms with E-state index >= 15 is 0 Å². The number of unbranched alkanes of at least 4 members (excludes halogenated alkanes) is 25. The molecule has 0 radical (unpaired) electrons. The Morgan fingerprint density at radius 3 is 1.41 bits per heavy atom. The highest BCUT2D eigenvalue weighted by Crippen LogP contribution is 2.47. The molecule has 0 aromatic heterocycles. The summed E-state index contributed by atoms with van der Waals surface area (Å²) in [5.74, 6) is -0.593. The predicted octanol–water partition coefficient (Wildman–Crippen LogP) is 7.42. The lowest BCUT2D eigenvalue weighted by molar-refractivity contribution is -0.220. The standard InChI is InChI=1S/C44H86NO12P/c1-3-5-7-9-11-13-14-15-16-17-18-19-20-21-22-23-24-25-27-29-31-35(46)33-38(48)45-36(37(47)32-30-28-26-12-10-8-6-4-2)34-56-58(54,55)57-44-42(52)40(50)39(49)41(51)43(44)53/h30,32,35-37,39-44,46-47,49-53H,3-29,31,33-34H2,1-2H3,(H,45,48)(H,54,55)/b32-30+. The van der Waals surface area contributed by atoms with E-state index in [-0.39, 0.29) is 6.42 Å². The van der Waals surface area contributed by atoms with Gasteiger partial charge in [-0.3, -0.25) is 13.8 Å². The number of hydrogen-bond acceptors (Lipinski definition) is 11. The molecule has 8 atom stereocenters. The largest absolute Gasteiger partial charge is 0.472 e. The normalized spacial score (nSPS) is 23.8. The minimum absolute atomic E-state index is 0.240. The van der Waals surface area contributed by atoms with Crippen molar-refractivity contribution in [2.24, 2.45) is 0 Å². The van der Waals surface area contributed by atoms with Crippen molar-refractivity contribution in [1.82, 2.24) is 5.32 Å². The maximum atomic E-state index is 12.9. The Hall–Kier alpha value is -0.960. The first-order valence-corrected chi connectivity index (χ1v) is 24.7. The molecule has 0 bridgehead atoms. The van der Waals surface area contributed by atoms with Gasteiger partial charge < -0.3 is 46.0 Å². The average Bonchev–Trinajstić information content (AvgIpc) is 3.19. The van der Waals surface area contributed by atoms with E-state index in [4.69, 9.17) is 9.05 Å². The third-order valence-corrected chi connectivity index (χ3v) is 12.4. The molecule has 8 unspecified atom stereocenters. The Labute approximate surface area is 351 Å². The zero-order chi connectivity index (χ0) is 43.0. The van der Waals surface area contributed by atoms with E-state index in [9.17, 15) is 50.0 Å². The highest BCUT2D eigenvalue weighted by atomic mass is 31.2. The maximum Gasteiger partial charge on any atom is 0.472 e. The van der Waals surface area contributed by atoms with Gasteiger partial charge in [-0.1, -0.05) is 187 Å². The molecule has 14 heteroatoms. The summed E-state index contributed by atoms with van der Waals surface area (Å²) in [4.78, 5) is 23.3. The van der Waals surface area contributed by atoms with Crippen molar-refractivity contribution in [2.75, 3.05) is 6.61 Å². The average molecular weight is 852 g/mol. The van der Waals surface area contributed by atoms with Crippen LogP contribution in [-0.4, -0.2) is 108 Å². The summed E-state index contributed by atoms with van der Waals surface area (Å²) >= 11 is 0. The molecule has 344 valence electrons. The van der Waals surface area contributed by atoms with E-state index in [0.717, 1.165) is 57.8 Å². The number of nitrogens with one attached hydrogen (secondary N) is 1. The number of allylic oxidation sites excluding steroid dienone is 1. The number of amides is 1. The second kappa shape index (κ2) is 34.6. The zero-order valence-corrected chi connectivity index (χ0v) is 37.1. The van der Waals surface area contributed by atoms with Crippen molar-refractivity contribution in [3.8, 4) is 0 Å². The van der Waals surface area contributed by atoms with Gasteiger partial charge in [0.15, 0.2) is 0 Å². The van der Waals surface area contributed by atoms with Gasteiger partial charge in [0, 0.05) is 0 Å². The minimum atomic E-state index is -5.13. The Balaban J connectivity index is 2.40. The smallest absolute Gasteiger partial charge is 0.393 e. The van der Waals surface area contributed by atoms with Crippen LogP contribution in [0.5, 0.6) is 0 Å². The minimum Gasteiger partial charge on any atom is -0.393 e. The predicted molar refractivity (Wildman–Crippen MR) is 229 cm³/mol. The van der Waals surface area contributed by atoms with Crippen LogP contribution in [0.2, 0.25) is 0 Å². The van der Waals surface area contributed by atoms with Crippen LogP contribution in [0.25, 0.3) is 0 Å². The number of hydrogen-bond donors (Lipinski definition) is 9. The van der Waals surface area contributed by atoms with Gasteiger partial charge in [0.1, 0.15) is 36.6 Å². The summed E-state index contributed by atoms with van der Waals surface area (Å²) in [5.41, 5.74) is 0. The molecule has 0 aliphatic heterocycles. The number of aliphatic hydroxyl groups is 7. The molecule has 1 amide bonds. The Bertz CT molecular complexity index is 1050. The highest BCUT2D eigenvalue weighted by Gasteiger charge is 2.51. The third-order valence-electron chi connectivity index (χ3n) is 11.4. The monoisotopic (exact) mass is 852 g/mol. The number of phosphoric ester groups is 1. The summed E-state index contributed by atoms with van der Waals surface area (Å²) in [7, 11) is -5.13. The Morgan fingerprint density at radius 1 is 0.603 bits per heavy atom. The molecule has 0 aromatic carbocycles. The SMILES string of the molecule is CCCCCCCC/C=C/C(O)C(COP(=O)(O)OC1C(O)C(O)C(O)C(O)C1O)NC(=O)CC(O)CCCCCCCCCCCCCCCCCCCCCC. The van der Waals surface area contributed by atoms with Crippen molar-refractivity contribution in [1.29, 1.82) is 0 Å². The van der Waals surface area contributed by atoms with Gasteiger partial charge in [0.2, 0.25) is 5.91 Å². The molecule has 0 heterocycles.